The first-order valence-corrected chi connectivity index (χ1v) is 8.72. The molecule has 5 heteroatoms. The van der Waals surface area contributed by atoms with Gasteiger partial charge < -0.3 is 9.84 Å². The fraction of sp³-hybridized carbons (Fsp3) is 0.333. The van der Waals surface area contributed by atoms with Crippen LogP contribution in [-0.4, -0.2) is 41.3 Å². The van der Waals surface area contributed by atoms with Gasteiger partial charge in [0.05, 0.1) is 0 Å². The van der Waals surface area contributed by atoms with Crippen molar-refractivity contribution in [3.63, 3.8) is 0 Å². The van der Waals surface area contributed by atoms with Crippen molar-refractivity contribution in [3.8, 4) is 11.1 Å². The van der Waals surface area contributed by atoms with E-state index in [1.165, 1.54) is 18.9 Å². The molecule has 0 saturated heterocycles. The lowest BCUT2D eigenvalue weighted by molar-refractivity contribution is -0.149. The smallest absolute Gasteiger partial charge is 0.410 e. The van der Waals surface area contributed by atoms with E-state index in [1.54, 1.807) is 6.92 Å². The summed E-state index contributed by atoms with van der Waals surface area (Å²) in [6, 6.07) is 16.2. The highest BCUT2D eigenvalue weighted by atomic mass is 16.6. The van der Waals surface area contributed by atoms with E-state index in [0.29, 0.717) is 6.42 Å². The van der Waals surface area contributed by atoms with Gasteiger partial charge in [0.1, 0.15) is 12.1 Å². The number of amides is 1. The molecule has 26 heavy (non-hydrogen) atoms. The van der Waals surface area contributed by atoms with Crippen LogP contribution in [0, 0.1) is 0 Å². The van der Waals surface area contributed by atoms with Crippen LogP contribution in [0.4, 0.5) is 4.79 Å². The maximum absolute atomic E-state index is 12.5. The highest BCUT2D eigenvalue weighted by molar-refractivity contribution is 5.84. The summed E-state index contributed by atoms with van der Waals surface area (Å²) in [6.45, 7) is 3.44. The quantitative estimate of drug-likeness (QED) is 0.878. The number of aliphatic carboxylic acids is 1. The van der Waals surface area contributed by atoms with Crippen molar-refractivity contribution in [3.05, 3.63) is 59.7 Å². The van der Waals surface area contributed by atoms with Crippen molar-refractivity contribution in [2.45, 2.75) is 31.7 Å². The minimum absolute atomic E-state index is 0.0440. The van der Waals surface area contributed by atoms with Crippen molar-refractivity contribution in [1.82, 2.24) is 4.90 Å². The number of hydrogen-bond donors (Lipinski definition) is 1. The van der Waals surface area contributed by atoms with Gasteiger partial charge in [-0.1, -0.05) is 55.5 Å². The van der Waals surface area contributed by atoms with Crippen molar-refractivity contribution in [2.24, 2.45) is 0 Å². The van der Waals surface area contributed by atoms with E-state index in [0.717, 1.165) is 22.3 Å². The number of carbonyl (C=O) groups is 2. The average Bonchev–Trinajstić information content (AvgIpc) is 2.98. The summed E-state index contributed by atoms with van der Waals surface area (Å²) < 4.78 is 5.52. The van der Waals surface area contributed by atoms with Gasteiger partial charge in [0.25, 0.3) is 0 Å². The Bertz CT molecular complexity index is 802. The first kappa shape index (κ1) is 18.0. The number of carboxylic acids is 1. The predicted octanol–water partition coefficient (Wildman–Crippen LogP) is 4.12. The Morgan fingerprint density at radius 3 is 2.04 bits per heavy atom. The van der Waals surface area contributed by atoms with Crippen LogP contribution in [0.25, 0.3) is 11.1 Å². The summed E-state index contributed by atoms with van der Waals surface area (Å²) in [5.41, 5.74) is 3.27. The third-order valence-electron chi connectivity index (χ3n) is 5.50. The summed E-state index contributed by atoms with van der Waals surface area (Å²) in [6.07, 6.45) is -0.332. The molecule has 1 amide bonds. The summed E-state index contributed by atoms with van der Waals surface area (Å²) in [5, 5.41) is 9.44. The zero-order valence-electron chi connectivity index (χ0n) is 15.2. The largest absolute Gasteiger partial charge is 0.480 e. The molecular formula is C21H23NO4. The third-order valence-corrected chi connectivity index (χ3v) is 5.50. The average molecular weight is 353 g/mol. The Hall–Kier alpha value is -2.82. The summed E-state index contributed by atoms with van der Waals surface area (Å²) in [4.78, 5) is 25.2. The summed E-state index contributed by atoms with van der Waals surface area (Å²) in [7, 11) is 1.47. The van der Waals surface area contributed by atoms with Gasteiger partial charge in [0.15, 0.2) is 0 Å². The molecule has 1 aliphatic carbocycles. The number of fused-ring (bicyclic) bond motifs is 3. The minimum Gasteiger partial charge on any atom is -0.480 e. The lowest BCUT2D eigenvalue weighted by atomic mass is 9.97. The van der Waals surface area contributed by atoms with E-state index in [1.807, 2.05) is 36.4 Å². The molecule has 1 unspecified atom stereocenters. The van der Waals surface area contributed by atoms with Gasteiger partial charge in [-0.05, 0) is 35.6 Å². The second-order valence-electron chi connectivity index (χ2n) is 6.80. The molecule has 0 spiro atoms. The van der Waals surface area contributed by atoms with E-state index in [-0.39, 0.29) is 12.5 Å². The molecule has 0 fully saturated rings. The van der Waals surface area contributed by atoms with Crippen LogP contribution in [-0.2, 0) is 9.53 Å². The maximum atomic E-state index is 12.5. The Labute approximate surface area is 153 Å². The predicted molar refractivity (Wildman–Crippen MR) is 99.2 cm³/mol. The number of carbonyl (C=O) groups excluding carboxylic acids is 1. The van der Waals surface area contributed by atoms with Crippen molar-refractivity contribution >= 4 is 12.1 Å². The third kappa shape index (κ3) is 2.83. The summed E-state index contributed by atoms with van der Waals surface area (Å²) >= 11 is 0. The molecular weight excluding hydrogens is 330 g/mol. The van der Waals surface area contributed by atoms with E-state index in [4.69, 9.17) is 4.74 Å². The molecule has 0 bridgehead atoms. The van der Waals surface area contributed by atoms with Crippen LogP contribution in [0.5, 0.6) is 0 Å². The molecule has 1 atom stereocenters. The van der Waals surface area contributed by atoms with Crippen LogP contribution in [0.15, 0.2) is 48.5 Å². The number of likely N-dealkylation sites (N-methyl/N-ethyl adjacent to an activating group) is 1. The molecule has 2 aromatic carbocycles. The van der Waals surface area contributed by atoms with E-state index in [9.17, 15) is 14.7 Å². The standard InChI is InChI=1S/C21H23NO4/c1-4-21(2,19(23)24)22(3)20(25)26-13-18-16-11-7-5-9-14(16)15-10-6-8-12-17(15)18/h5-12,18H,4,13H2,1-3H3,(H,23,24). The van der Waals surface area contributed by atoms with E-state index < -0.39 is 17.6 Å². The Balaban J connectivity index is 1.80. The zero-order valence-corrected chi connectivity index (χ0v) is 15.2. The number of nitrogens with zero attached hydrogens (tertiary/aromatic N) is 1. The molecule has 5 nitrogen and oxygen atoms in total. The Morgan fingerprint density at radius 2 is 1.58 bits per heavy atom. The molecule has 0 heterocycles. The maximum Gasteiger partial charge on any atom is 0.410 e. The van der Waals surface area contributed by atoms with Gasteiger partial charge in [-0.2, -0.15) is 0 Å². The number of rotatable bonds is 5. The zero-order chi connectivity index (χ0) is 18.9. The Morgan fingerprint density at radius 1 is 1.08 bits per heavy atom. The van der Waals surface area contributed by atoms with Crippen LogP contribution < -0.4 is 0 Å². The molecule has 0 aliphatic heterocycles. The highest BCUT2D eigenvalue weighted by Crippen LogP contribution is 2.44. The fourth-order valence-electron chi connectivity index (χ4n) is 3.42. The molecule has 3 rings (SSSR count). The minimum atomic E-state index is -1.29. The van der Waals surface area contributed by atoms with Crippen molar-refractivity contribution < 1.29 is 19.4 Å². The van der Waals surface area contributed by atoms with E-state index in [2.05, 4.69) is 12.1 Å². The molecule has 0 radical (unpaired) electrons. The second-order valence-corrected chi connectivity index (χ2v) is 6.80. The van der Waals surface area contributed by atoms with E-state index >= 15 is 0 Å². The SMILES string of the molecule is CCC(C)(C(=O)O)N(C)C(=O)OCC1c2ccccc2-c2ccccc21. The van der Waals surface area contributed by atoms with Crippen molar-refractivity contribution in [1.29, 1.82) is 0 Å². The topological polar surface area (TPSA) is 66.8 Å². The molecule has 1 N–H and O–H groups in total. The van der Waals surface area contributed by atoms with Crippen LogP contribution in [0.1, 0.15) is 37.3 Å². The fourth-order valence-corrected chi connectivity index (χ4v) is 3.42. The second kappa shape index (κ2) is 6.83. The number of benzene rings is 2. The van der Waals surface area contributed by atoms with Crippen molar-refractivity contribution in [2.75, 3.05) is 13.7 Å². The van der Waals surface area contributed by atoms with Crippen LogP contribution in [0.2, 0.25) is 0 Å². The lowest BCUT2D eigenvalue weighted by Gasteiger charge is -2.33. The van der Waals surface area contributed by atoms with Gasteiger partial charge >= 0.3 is 12.1 Å². The molecule has 2 aromatic rings. The van der Waals surface area contributed by atoms with Gasteiger partial charge in [0.2, 0.25) is 0 Å². The van der Waals surface area contributed by atoms with Gasteiger partial charge in [0, 0.05) is 13.0 Å². The number of hydrogen-bond acceptors (Lipinski definition) is 3. The number of ether oxygens (including phenoxy) is 1. The van der Waals surface area contributed by atoms with Gasteiger partial charge in [-0.25, -0.2) is 9.59 Å². The summed E-state index contributed by atoms with van der Waals surface area (Å²) in [5.74, 6) is -1.09. The van der Waals surface area contributed by atoms with Gasteiger partial charge in [-0.15, -0.1) is 0 Å². The first-order chi connectivity index (χ1) is 12.4. The monoisotopic (exact) mass is 353 g/mol. The lowest BCUT2D eigenvalue weighted by Crippen LogP contribution is -2.53. The normalized spacial score (nSPS) is 14.9. The highest BCUT2D eigenvalue weighted by Gasteiger charge is 2.40. The first-order valence-electron chi connectivity index (χ1n) is 8.72. The molecule has 1 aliphatic rings. The van der Waals surface area contributed by atoms with Gasteiger partial charge in [-0.3, -0.25) is 4.90 Å². The van der Waals surface area contributed by atoms with Crippen LogP contribution >= 0.6 is 0 Å². The van der Waals surface area contributed by atoms with Crippen LogP contribution in [0.3, 0.4) is 0 Å². The molecule has 0 aromatic heterocycles. The Kier molecular flexibility index (Phi) is 4.72. The molecule has 0 saturated carbocycles. The molecule has 136 valence electrons. The number of carboxylic acid groups (broad SMARTS) is 1.